The van der Waals surface area contributed by atoms with Crippen molar-refractivity contribution < 1.29 is 53.3 Å². The molecule has 0 bridgehead atoms. The van der Waals surface area contributed by atoms with Crippen LogP contribution in [0.2, 0.25) is 0 Å². The zero-order chi connectivity index (χ0) is 27.0. The molecule has 198 valence electrons. The number of carbonyl (C=O) groups is 1. The summed E-state index contributed by atoms with van der Waals surface area (Å²) in [5, 5.41) is 40.4. The van der Waals surface area contributed by atoms with Gasteiger partial charge in [0.2, 0.25) is 0 Å². The van der Waals surface area contributed by atoms with E-state index in [0.29, 0.717) is 17.1 Å². The molecule has 3 aromatic rings. The molecule has 2 aromatic carbocycles. The van der Waals surface area contributed by atoms with E-state index >= 15 is 0 Å². The molecule has 1 saturated heterocycles. The molecule has 1 aromatic heterocycles. The maximum Gasteiger partial charge on any atom is 0.335 e. The molecule has 12 heteroatoms. The molecule has 5 atom stereocenters. The lowest BCUT2D eigenvalue weighted by molar-refractivity contribution is -0.230. The topological polar surface area (TPSA) is 174 Å². The second kappa shape index (κ2) is 10.3. The fraction of sp³-hybridized carbons (Fsp3) is 0.360. The molecule has 0 amide bonds. The zero-order valence-electron chi connectivity index (χ0n) is 20.3. The summed E-state index contributed by atoms with van der Waals surface area (Å²) in [6.07, 6.45) is -8.93. The maximum absolute atomic E-state index is 13.3. The number of aliphatic hydroxyl groups excluding tert-OH is 3. The first kappa shape index (κ1) is 26.2. The summed E-state index contributed by atoms with van der Waals surface area (Å²) in [7, 11) is 5.53. The summed E-state index contributed by atoms with van der Waals surface area (Å²) in [4.78, 5) is 24.9. The van der Waals surface area contributed by atoms with Crippen LogP contribution in [0.1, 0.15) is 11.7 Å². The monoisotopic (exact) mass is 518 g/mol. The minimum atomic E-state index is -1.89. The fourth-order valence-corrected chi connectivity index (χ4v) is 4.38. The van der Waals surface area contributed by atoms with Gasteiger partial charge in [0.05, 0.1) is 34.0 Å². The summed E-state index contributed by atoms with van der Waals surface area (Å²) in [5.74, 6) is -0.534. The molecule has 0 spiro atoms. The van der Waals surface area contributed by atoms with Crippen LogP contribution < -0.4 is 24.4 Å². The van der Waals surface area contributed by atoms with E-state index in [4.69, 9.17) is 28.1 Å². The van der Waals surface area contributed by atoms with Gasteiger partial charge < -0.3 is 48.5 Å². The molecule has 1 aliphatic rings. The normalized spacial score (nSPS) is 23.5. The lowest BCUT2D eigenvalue weighted by Crippen LogP contribution is -2.56. The van der Waals surface area contributed by atoms with Crippen LogP contribution in [0, 0.1) is 0 Å². The van der Waals surface area contributed by atoms with Gasteiger partial charge in [-0.05, 0) is 18.2 Å². The van der Waals surface area contributed by atoms with Gasteiger partial charge in [-0.1, -0.05) is 0 Å². The standard InChI is InChI=1S/C25H26O12/c1-32-12-6-5-10(7-14(12)33-2)13-8-11(26)17-16(36-13)9-15(34-3)18(22(17)35-4)23-20(28)19(27)21(29)24(37-23)25(30)31/h5-9,19-21,23-24,27-29H,1-4H3,(H,30,31)/t19-,20-,21+,23-,24+/m1/s1. The van der Waals surface area contributed by atoms with Gasteiger partial charge >= 0.3 is 5.97 Å². The van der Waals surface area contributed by atoms with Crippen molar-refractivity contribution >= 4 is 16.9 Å². The zero-order valence-corrected chi connectivity index (χ0v) is 20.3. The fourth-order valence-electron chi connectivity index (χ4n) is 4.38. The third-order valence-electron chi connectivity index (χ3n) is 6.21. The van der Waals surface area contributed by atoms with E-state index in [1.165, 1.54) is 40.6 Å². The number of ether oxygens (including phenoxy) is 5. The van der Waals surface area contributed by atoms with E-state index in [-0.39, 0.29) is 33.8 Å². The molecule has 0 aliphatic carbocycles. The number of fused-ring (bicyclic) bond motifs is 1. The molecule has 37 heavy (non-hydrogen) atoms. The van der Waals surface area contributed by atoms with Gasteiger partial charge in [0.15, 0.2) is 23.0 Å². The van der Waals surface area contributed by atoms with Crippen LogP contribution in [0.4, 0.5) is 0 Å². The minimum Gasteiger partial charge on any atom is -0.496 e. The molecule has 12 nitrogen and oxygen atoms in total. The summed E-state index contributed by atoms with van der Waals surface area (Å²) >= 11 is 0. The van der Waals surface area contributed by atoms with Crippen LogP contribution >= 0.6 is 0 Å². The quantitative estimate of drug-likeness (QED) is 0.351. The van der Waals surface area contributed by atoms with Gasteiger partial charge in [0.25, 0.3) is 0 Å². The Balaban J connectivity index is 1.92. The van der Waals surface area contributed by atoms with Gasteiger partial charge in [-0.2, -0.15) is 0 Å². The highest BCUT2D eigenvalue weighted by molar-refractivity contribution is 5.89. The van der Waals surface area contributed by atoms with E-state index in [1.54, 1.807) is 18.2 Å². The number of hydrogen-bond acceptors (Lipinski definition) is 11. The largest absolute Gasteiger partial charge is 0.496 e. The molecular formula is C25H26O12. The average molecular weight is 518 g/mol. The van der Waals surface area contributed by atoms with Gasteiger partial charge in [0.1, 0.15) is 52.6 Å². The summed E-state index contributed by atoms with van der Waals surface area (Å²) in [5.41, 5.74) is 0.0299. The predicted octanol–water partition coefficient (Wildman–Crippen LogP) is 1.10. The van der Waals surface area contributed by atoms with Crippen LogP contribution in [-0.2, 0) is 9.53 Å². The van der Waals surface area contributed by atoms with E-state index in [9.17, 15) is 30.0 Å². The van der Waals surface area contributed by atoms with E-state index in [0.717, 1.165) is 0 Å². The first-order chi connectivity index (χ1) is 17.7. The number of rotatable bonds is 7. The van der Waals surface area contributed by atoms with Crippen LogP contribution in [0.5, 0.6) is 23.0 Å². The molecule has 0 saturated carbocycles. The number of carboxylic acid groups (broad SMARTS) is 1. The Morgan fingerprint density at radius 1 is 0.838 bits per heavy atom. The first-order valence-corrected chi connectivity index (χ1v) is 11.0. The Morgan fingerprint density at radius 3 is 2.11 bits per heavy atom. The van der Waals surface area contributed by atoms with Crippen LogP contribution in [0.15, 0.2) is 39.5 Å². The number of methoxy groups -OCH3 is 4. The predicted molar refractivity (Wildman–Crippen MR) is 127 cm³/mol. The van der Waals surface area contributed by atoms with E-state index in [2.05, 4.69) is 0 Å². The molecule has 0 unspecified atom stereocenters. The van der Waals surface area contributed by atoms with Crippen molar-refractivity contribution in [3.05, 3.63) is 46.1 Å². The van der Waals surface area contributed by atoms with Gasteiger partial charge in [-0.15, -0.1) is 0 Å². The van der Waals surface area contributed by atoms with Crippen molar-refractivity contribution in [2.75, 3.05) is 28.4 Å². The maximum atomic E-state index is 13.3. The lowest BCUT2D eigenvalue weighted by atomic mass is 9.89. The highest BCUT2D eigenvalue weighted by Crippen LogP contribution is 2.45. The second-order valence-corrected chi connectivity index (χ2v) is 8.23. The Hall–Kier alpha value is -3.84. The van der Waals surface area contributed by atoms with E-state index in [1.807, 2.05) is 0 Å². The van der Waals surface area contributed by atoms with Crippen molar-refractivity contribution in [3.63, 3.8) is 0 Å². The van der Waals surface area contributed by atoms with Crippen molar-refractivity contribution in [1.29, 1.82) is 0 Å². The van der Waals surface area contributed by atoms with Crippen molar-refractivity contribution in [1.82, 2.24) is 0 Å². The minimum absolute atomic E-state index is 0.0220. The van der Waals surface area contributed by atoms with Gasteiger partial charge in [-0.25, -0.2) is 4.79 Å². The van der Waals surface area contributed by atoms with E-state index < -0.39 is 41.9 Å². The van der Waals surface area contributed by atoms with Crippen LogP contribution in [0.25, 0.3) is 22.3 Å². The third kappa shape index (κ3) is 4.44. The molecule has 2 heterocycles. The molecule has 1 aliphatic heterocycles. The number of hydrogen-bond donors (Lipinski definition) is 4. The molecule has 4 rings (SSSR count). The summed E-state index contributed by atoms with van der Waals surface area (Å²) < 4.78 is 33.0. The Bertz CT molecular complexity index is 1380. The SMILES string of the molecule is COc1ccc(-c2cc(=O)c3c(OC)c([C@H]4O[C@H](C(=O)O)[C@@H](O)[C@H](O)[C@H]4O)c(OC)cc3o2)cc1OC. The highest BCUT2D eigenvalue weighted by atomic mass is 16.6. The van der Waals surface area contributed by atoms with Crippen molar-refractivity contribution in [3.8, 4) is 34.3 Å². The lowest BCUT2D eigenvalue weighted by Gasteiger charge is -2.39. The first-order valence-electron chi connectivity index (χ1n) is 11.0. The molecule has 1 fully saturated rings. The molecular weight excluding hydrogens is 492 g/mol. The van der Waals surface area contributed by atoms with Crippen molar-refractivity contribution in [2.24, 2.45) is 0 Å². The number of carboxylic acids is 1. The Labute approximate surface area is 210 Å². The number of aliphatic hydroxyl groups is 3. The smallest absolute Gasteiger partial charge is 0.335 e. The molecule has 4 N–H and O–H groups in total. The Kier molecular flexibility index (Phi) is 7.28. The number of benzene rings is 2. The van der Waals surface area contributed by atoms with Crippen LogP contribution in [0.3, 0.4) is 0 Å². The van der Waals surface area contributed by atoms with Gasteiger partial charge in [-0.3, -0.25) is 4.79 Å². The van der Waals surface area contributed by atoms with Gasteiger partial charge in [0, 0.05) is 17.7 Å². The van der Waals surface area contributed by atoms with Crippen LogP contribution in [-0.4, -0.2) is 79.3 Å². The summed E-state index contributed by atoms with van der Waals surface area (Å²) in [6.45, 7) is 0. The average Bonchev–Trinajstić information content (AvgIpc) is 2.90. The third-order valence-corrected chi connectivity index (χ3v) is 6.21. The highest BCUT2D eigenvalue weighted by Gasteiger charge is 2.49. The second-order valence-electron chi connectivity index (χ2n) is 8.23. The summed E-state index contributed by atoms with van der Waals surface area (Å²) in [6, 6.07) is 7.57. The molecule has 0 radical (unpaired) electrons. The number of aliphatic carboxylic acids is 1. The Morgan fingerprint density at radius 2 is 1.51 bits per heavy atom. The van der Waals surface area contributed by atoms with Crippen molar-refractivity contribution in [2.45, 2.75) is 30.5 Å².